The second kappa shape index (κ2) is 7.23. The Bertz CT molecular complexity index is 404. The Morgan fingerprint density at radius 1 is 1.44 bits per heavy atom. The van der Waals surface area contributed by atoms with Gasteiger partial charge in [-0.2, -0.15) is 0 Å². The average Bonchev–Trinajstić information content (AvgIpc) is 2.37. The number of amides is 1. The Morgan fingerprint density at radius 2 is 2.22 bits per heavy atom. The second-order valence-electron chi connectivity index (χ2n) is 3.32. The molecule has 0 aliphatic carbocycles. The molecule has 0 aromatic carbocycles. The maximum Gasteiger partial charge on any atom is 0.354 e. The molecule has 2 N–H and O–H groups in total. The van der Waals surface area contributed by atoms with Crippen molar-refractivity contribution in [2.24, 2.45) is 0 Å². The average molecular weight is 254 g/mol. The van der Waals surface area contributed by atoms with Crippen LogP contribution in [-0.4, -0.2) is 48.8 Å². The number of hydrogen-bond acceptors (Lipinski definition) is 5. The largest absolute Gasteiger partial charge is 0.482 e. The minimum Gasteiger partial charge on any atom is -0.482 e. The predicted octanol–water partition coefficient (Wildman–Crippen LogP) is -0.0788. The molecule has 0 aliphatic rings. The van der Waals surface area contributed by atoms with E-state index in [9.17, 15) is 9.59 Å². The third kappa shape index (κ3) is 4.79. The molecule has 0 unspecified atom stereocenters. The molecule has 0 radical (unpaired) electrons. The zero-order valence-electron chi connectivity index (χ0n) is 9.88. The van der Waals surface area contributed by atoms with Gasteiger partial charge >= 0.3 is 5.97 Å². The number of ether oxygens (including phenoxy) is 2. The Kier molecular flexibility index (Phi) is 5.59. The molecule has 7 heteroatoms. The van der Waals surface area contributed by atoms with Crippen molar-refractivity contribution in [3.63, 3.8) is 0 Å². The summed E-state index contributed by atoms with van der Waals surface area (Å²) >= 11 is 0. The lowest BCUT2D eigenvalue weighted by Crippen LogP contribution is -2.31. The molecule has 0 saturated carbocycles. The van der Waals surface area contributed by atoms with Gasteiger partial charge in [-0.1, -0.05) is 0 Å². The number of carbonyl (C=O) groups is 2. The third-order valence-corrected chi connectivity index (χ3v) is 1.95. The number of nitrogens with one attached hydrogen (secondary N) is 1. The highest BCUT2D eigenvalue weighted by Crippen LogP contribution is 2.08. The molecule has 1 heterocycles. The highest BCUT2D eigenvalue weighted by molar-refractivity contribution is 5.85. The second-order valence-corrected chi connectivity index (χ2v) is 3.32. The van der Waals surface area contributed by atoms with Crippen LogP contribution in [0.2, 0.25) is 0 Å². The van der Waals surface area contributed by atoms with Gasteiger partial charge in [0.05, 0.1) is 12.8 Å². The van der Waals surface area contributed by atoms with E-state index in [4.69, 9.17) is 14.6 Å². The molecule has 98 valence electrons. The summed E-state index contributed by atoms with van der Waals surface area (Å²) in [5, 5.41) is 11.2. The first-order valence-corrected chi connectivity index (χ1v) is 5.21. The van der Waals surface area contributed by atoms with E-state index in [-0.39, 0.29) is 18.2 Å². The number of hydrogen-bond donors (Lipinski definition) is 2. The lowest BCUT2D eigenvalue weighted by Gasteiger charge is -2.06. The van der Waals surface area contributed by atoms with Crippen LogP contribution < -0.4 is 10.1 Å². The van der Waals surface area contributed by atoms with Gasteiger partial charge in [-0.15, -0.1) is 0 Å². The van der Waals surface area contributed by atoms with Crippen molar-refractivity contribution in [1.29, 1.82) is 0 Å². The van der Waals surface area contributed by atoms with Crippen molar-refractivity contribution >= 4 is 11.9 Å². The fourth-order valence-corrected chi connectivity index (χ4v) is 1.08. The molecule has 0 spiro atoms. The van der Waals surface area contributed by atoms with Crippen LogP contribution in [0.4, 0.5) is 0 Å². The van der Waals surface area contributed by atoms with Crippen LogP contribution in [0.3, 0.4) is 0 Å². The molecule has 1 rings (SSSR count). The maximum absolute atomic E-state index is 11.3. The zero-order chi connectivity index (χ0) is 13.4. The number of carbonyl (C=O) groups excluding carboxylic acids is 1. The van der Waals surface area contributed by atoms with E-state index >= 15 is 0 Å². The standard InChI is InChI=1S/C11H14N2O5/c1-17-5-4-12-10(14)7-18-8-2-3-9(11(15)16)13-6-8/h2-3,6H,4-5,7H2,1H3,(H,12,14)(H,15,16). The van der Waals surface area contributed by atoms with Gasteiger partial charge in [-0.05, 0) is 12.1 Å². The zero-order valence-corrected chi connectivity index (χ0v) is 9.88. The smallest absolute Gasteiger partial charge is 0.354 e. The summed E-state index contributed by atoms with van der Waals surface area (Å²) in [6.45, 7) is 0.688. The molecule has 0 bridgehead atoms. The quantitative estimate of drug-likeness (QED) is 0.660. The minimum atomic E-state index is -1.11. The third-order valence-electron chi connectivity index (χ3n) is 1.95. The van der Waals surface area contributed by atoms with Crippen LogP contribution >= 0.6 is 0 Å². The number of rotatable bonds is 7. The van der Waals surface area contributed by atoms with Gasteiger partial charge in [-0.25, -0.2) is 9.78 Å². The van der Waals surface area contributed by atoms with Crippen molar-refractivity contribution in [2.45, 2.75) is 0 Å². The Balaban J connectivity index is 2.34. The number of pyridine rings is 1. The summed E-state index contributed by atoms with van der Waals surface area (Å²) < 4.78 is 9.89. The summed E-state index contributed by atoms with van der Waals surface area (Å²) in [5.41, 5.74) is -0.0769. The number of carboxylic acids is 1. The van der Waals surface area contributed by atoms with E-state index in [1.165, 1.54) is 18.3 Å². The summed E-state index contributed by atoms with van der Waals surface area (Å²) in [4.78, 5) is 25.5. The Hall–Kier alpha value is -2.15. The molecule has 1 aromatic heterocycles. The van der Waals surface area contributed by atoms with Crippen molar-refractivity contribution in [1.82, 2.24) is 10.3 Å². The van der Waals surface area contributed by atoms with E-state index in [0.29, 0.717) is 18.9 Å². The number of carboxylic acid groups (broad SMARTS) is 1. The molecule has 7 nitrogen and oxygen atoms in total. The van der Waals surface area contributed by atoms with Crippen molar-refractivity contribution in [3.8, 4) is 5.75 Å². The van der Waals surface area contributed by atoms with Crippen LogP contribution in [0.15, 0.2) is 18.3 Å². The topological polar surface area (TPSA) is 97.8 Å². The first-order valence-electron chi connectivity index (χ1n) is 5.21. The summed E-state index contributed by atoms with van der Waals surface area (Å²) in [6.07, 6.45) is 1.26. The maximum atomic E-state index is 11.3. The molecular formula is C11H14N2O5. The van der Waals surface area contributed by atoms with Crippen LogP contribution in [-0.2, 0) is 9.53 Å². The highest BCUT2D eigenvalue weighted by Gasteiger charge is 2.05. The lowest BCUT2D eigenvalue weighted by atomic mass is 10.3. The van der Waals surface area contributed by atoms with Crippen molar-refractivity contribution in [3.05, 3.63) is 24.0 Å². The molecule has 18 heavy (non-hydrogen) atoms. The molecule has 1 aromatic rings. The Labute approximate surface area is 104 Å². The molecule has 0 fully saturated rings. The monoisotopic (exact) mass is 254 g/mol. The van der Waals surface area contributed by atoms with Gasteiger partial charge in [0.25, 0.3) is 5.91 Å². The van der Waals surface area contributed by atoms with E-state index in [1.807, 2.05) is 0 Å². The first-order chi connectivity index (χ1) is 8.63. The van der Waals surface area contributed by atoms with E-state index in [2.05, 4.69) is 10.3 Å². The number of aromatic carboxylic acids is 1. The van der Waals surface area contributed by atoms with Gasteiger partial charge in [0, 0.05) is 13.7 Å². The summed E-state index contributed by atoms with van der Waals surface area (Å²) in [5.74, 6) is -1.06. The van der Waals surface area contributed by atoms with Crippen LogP contribution in [0.5, 0.6) is 5.75 Å². The fraction of sp³-hybridized carbons (Fsp3) is 0.364. The fourth-order valence-electron chi connectivity index (χ4n) is 1.08. The van der Waals surface area contributed by atoms with E-state index < -0.39 is 5.97 Å². The van der Waals surface area contributed by atoms with Gasteiger partial charge < -0.3 is 19.9 Å². The SMILES string of the molecule is COCCNC(=O)COc1ccc(C(=O)O)nc1. The lowest BCUT2D eigenvalue weighted by molar-refractivity contribution is -0.123. The Morgan fingerprint density at radius 3 is 2.78 bits per heavy atom. The highest BCUT2D eigenvalue weighted by atomic mass is 16.5. The number of nitrogens with zero attached hydrogens (tertiary/aromatic N) is 1. The van der Waals surface area contributed by atoms with E-state index in [0.717, 1.165) is 0 Å². The normalized spacial score (nSPS) is 9.83. The number of methoxy groups -OCH3 is 1. The van der Waals surface area contributed by atoms with Crippen LogP contribution in [0, 0.1) is 0 Å². The minimum absolute atomic E-state index is 0.0769. The summed E-state index contributed by atoms with van der Waals surface area (Å²) in [7, 11) is 1.54. The van der Waals surface area contributed by atoms with Crippen molar-refractivity contribution in [2.75, 3.05) is 26.9 Å². The molecular weight excluding hydrogens is 240 g/mol. The van der Waals surface area contributed by atoms with Gasteiger partial charge in [0.15, 0.2) is 6.61 Å². The van der Waals surface area contributed by atoms with Crippen LogP contribution in [0.1, 0.15) is 10.5 Å². The molecule has 0 atom stereocenters. The first kappa shape index (κ1) is 13.9. The molecule has 1 amide bonds. The summed E-state index contributed by atoms with van der Waals surface area (Å²) in [6, 6.07) is 2.75. The van der Waals surface area contributed by atoms with E-state index in [1.54, 1.807) is 7.11 Å². The molecule has 0 saturated heterocycles. The van der Waals surface area contributed by atoms with Gasteiger partial charge in [-0.3, -0.25) is 4.79 Å². The number of aromatic nitrogens is 1. The van der Waals surface area contributed by atoms with Crippen molar-refractivity contribution < 1.29 is 24.2 Å². The van der Waals surface area contributed by atoms with Crippen LogP contribution in [0.25, 0.3) is 0 Å². The van der Waals surface area contributed by atoms with Gasteiger partial charge in [0.1, 0.15) is 11.4 Å². The molecule has 0 aliphatic heterocycles. The van der Waals surface area contributed by atoms with Gasteiger partial charge in [0.2, 0.25) is 0 Å². The predicted molar refractivity (Wildman–Crippen MR) is 61.6 cm³/mol.